The third kappa shape index (κ3) is 1.71. The minimum Gasteiger partial charge on any atom is -0.290 e. The van der Waals surface area contributed by atoms with E-state index in [1.165, 1.54) is 10.2 Å². The Morgan fingerprint density at radius 3 is 2.68 bits per heavy atom. The Balaban J connectivity index is 2.00. The van der Waals surface area contributed by atoms with Gasteiger partial charge in [-0.3, -0.25) is 4.40 Å². The molecule has 0 saturated carbocycles. The van der Waals surface area contributed by atoms with E-state index < -0.39 is 0 Å². The lowest BCUT2D eigenvalue weighted by Crippen LogP contribution is -1.79. The first-order valence-electron chi connectivity index (χ1n) is 5.94. The number of benzene rings is 2. The van der Waals surface area contributed by atoms with Crippen LogP contribution in [0, 0.1) is 0 Å². The number of fused-ring (bicyclic) bond motifs is 3. The van der Waals surface area contributed by atoms with Gasteiger partial charge in [-0.15, -0.1) is 0 Å². The molecule has 0 aliphatic heterocycles. The van der Waals surface area contributed by atoms with Gasteiger partial charge in [-0.05, 0) is 18.2 Å². The van der Waals surface area contributed by atoms with Gasteiger partial charge in [0.1, 0.15) is 0 Å². The van der Waals surface area contributed by atoms with Crippen LogP contribution in [0.15, 0.2) is 59.2 Å². The molecule has 0 fully saturated rings. The molecule has 0 saturated heterocycles. The van der Waals surface area contributed by atoms with Crippen molar-refractivity contribution in [3.05, 3.63) is 59.2 Å². The quantitative estimate of drug-likeness (QED) is 0.481. The number of hydrogen-bond acceptors (Lipinski definition) is 2. The molecule has 0 bridgehead atoms. The Bertz CT molecular complexity index is 891. The van der Waals surface area contributed by atoms with Gasteiger partial charge in [0.25, 0.3) is 0 Å². The summed E-state index contributed by atoms with van der Waals surface area (Å²) >= 11 is 5.30. The lowest BCUT2D eigenvalue weighted by Gasteiger charge is -1.98. The maximum atomic E-state index is 4.73. The summed E-state index contributed by atoms with van der Waals surface area (Å²) in [6.45, 7) is 0. The summed E-state index contributed by atoms with van der Waals surface area (Å²) < 4.78 is 4.50. The summed E-state index contributed by atoms with van der Waals surface area (Å²) in [5, 5.41) is 0. The van der Waals surface area contributed by atoms with Crippen LogP contribution in [0.3, 0.4) is 0 Å². The third-order valence-electron chi connectivity index (χ3n) is 3.15. The molecule has 0 unspecified atom stereocenters. The first-order valence-corrected chi connectivity index (χ1v) is 7.55. The second kappa shape index (κ2) is 4.18. The molecule has 0 N–H and O–H groups in total. The fourth-order valence-electron chi connectivity index (χ4n) is 2.25. The molecule has 0 atom stereocenters. The van der Waals surface area contributed by atoms with Gasteiger partial charge >= 0.3 is 0 Å². The number of para-hydroxylation sites is 1. The smallest absolute Gasteiger partial charge is 0.195 e. The lowest BCUT2D eigenvalue weighted by molar-refractivity contribution is 1.30. The second-order valence-electron chi connectivity index (χ2n) is 4.33. The molecule has 0 amide bonds. The highest BCUT2D eigenvalue weighted by Gasteiger charge is 2.11. The van der Waals surface area contributed by atoms with E-state index in [9.17, 15) is 0 Å². The van der Waals surface area contributed by atoms with Crippen LogP contribution in [0.1, 0.15) is 0 Å². The summed E-state index contributed by atoms with van der Waals surface area (Å²) in [5.74, 6) is 0. The minimum atomic E-state index is 1.00. The van der Waals surface area contributed by atoms with Crippen LogP contribution in [0.2, 0.25) is 0 Å². The molecular formula is C15H9BrN2S. The predicted molar refractivity (Wildman–Crippen MR) is 83.7 cm³/mol. The van der Waals surface area contributed by atoms with Crippen LogP contribution in [-0.4, -0.2) is 9.38 Å². The van der Waals surface area contributed by atoms with E-state index in [1.807, 2.05) is 18.2 Å². The molecule has 0 aliphatic rings. The first-order chi connectivity index (χ1) is 9.33. The van der Waals surface area contributed by atoms with E-state index in [2.05, 4.69) is 56.9 Å². The molecule has 0 aliphatic carbocycles. The van der Waals surface area contributed by atoms with E-state index in [4.69, 9.17) is 4.98 Å². The van der Waals surface area contributed by atoms with Gasteiger partial charge in [0, 0.05) is 16.2 Å². The molecule has 4 aromatic rings. The Kier molecular flexibility index (Phi) is 2.47. The van der Waals surface area contributed by atoms with Crippen molar-refractivity contribution >= 4 is 42.4 Å². The number of nitrogens with zero attached hydrogens (tertiary/aromatic N) is 2. The van der Waals surface area contributed by atoms with Gasteiger partial charge in [0.15, 0.2) is 4.96 Å². The average molecular weight is 329 g/mol. The lowest BCUT2D eigenvalue weighted by atomic mass is 10.2. The van der Waals surface area contributed by atoms with Crippen molar-refractivity contribution in [2.75, 3.05) is 0 Å². The van der Waals surface area contributed by atoms with Crippen LogP contribution >= 0.6 is 27.3 Å². The van der Waals surface area contributed by atoms with Crippen molar-refractivity contribution < 1.29 is 0 Å². The molecule has 0 radical (unpaired) electrons. The molecule has 4 rings (SSSR count). The van der Waals surface area contributed by atoms with E-state index in [0.717, 1.165) is 20.7 Å². The largest absolute Gasteiger partial charge is 0.290 e. The highest BCUT2D eigenvalue weighted by atomic mass is 79.9. The van der Waals surface area contributed by atoms with E-state index in [0.29, 0.717) is 0 Å². The summed E-state index contributed by atoms with van der Waals surface area (Å²) in [7, 11) is 0. The molecule has 0 spiro atoms. The van der Waals surface area contributed by atoms with Crippen molar-refractivity contribution in [3.8, 4) is 11.3 Å². The molecule has 2 aromatic heterocycles. The van der Waals surface area contributed by atoms with Crippen LogP contribution in [-0.2, 0) is 0 Å². The minimum absolute atomic E-state index is 1.00. The van der Waals surface area contributed by atoms with Crippen LogP contribution in [0.25, 0.3) is 26.4 Å². The van der Waals surface area contributed by atoms with E-state index >= 15 is 0 Å². The topological polar surface area (TPSA) is 17.3 Å². The van der Waals surface area contributed by atoms with Gasteiger partial charge in [-0.1, -0.05) is 57.6 Å². The second-order valence-corrected chi connectivity index (χ2v) is 6.19. The SMILES string of the molecule is Brc1ccccc1-c1cn2c(n1)sc1ccccc12. The third-order valence-corrected chi connectivity index (χ3v) is 4.88. The Labute approximate surface area is 122 Å². The van der Waals surface area contributed by atoms with Gasteiger partial charge in [0.2, 0.25) is 0 Å². The zero-order valence-corrected chi connectivity index (χ0v) is 12.3. The standard InChI is InChI=1S/C15H9BrN2S/c16-11-6-2-1-5-10(11)12-9-18-13-7-3-4-8-14(13)19-15(18)17-12/h1-9H. The highest BCUT2D eigenvalue weighted by molar-refractivity contribution is 9.10. The molecule has 4 heteroatoms. The number of hydrogen-bond donors (Lipinski definition) is 0. The predicted octanol–water partition coefficient (Wildman–Crippen LogP) is 4.98. The van der Waals surface area contributed by atoms with Crippen molar-refractivity contribution in [1.29, 1.82) is 0 Å². The summed E-state index contributed by atoms with van der Waals surface area (Å²) in [4.78, 5) is 5.77. The number of imidazole rings is 1. The molecule has 19 heavy (non-hydrogen) atoms. The van der Waals surface area contributed by atoms with Crippen LogP contribution in [0.5, 0.6) is 0 Å². The average Bonchev–Trinajstić information content (AvgIpc) is 2.96. The number of rotatable bonds is 1. The van der Waals surface area contributed by atoms with Gasteiger partial charge in [-0.2, -0.15) is 0 Å². The number of halogens is 1. The van der Waals surface area contributed by atoms with Crippen molar-refractivity contribution in [1.82, 2.24) is 9.38 Å². The Morgan fingerprint density at radius 2 is 1.79 bits per heavy atom. The molecule has 92 valence electrons. The van der Waals surface area contributed by atoms with Gasteiger partial charge in [-0.25, -0.2) is 4.98 Å². The number of aromatic nitrogens is 2. The molecule has 2 heterocycles. The van der Waals surface area contributed by atoms with Crippen molar-refractivity contribution in [2.24, 2.45) is 0 Å². The van der Waals surface area contributed by atoms with E-state index in [1.54, 1.807) is 11.3 Å². The maximum Gasteiger partial charge on any atom is 0.195 e. The van der Waals surface area contributed by atoms with E-state index in [-0.39, 0.29) is 0 Å². The Hall–Kier alpha value is -1.65. The maximum absolute atomic E-state index is 4.73. The first kappa shape index (κ1) is 11.2. The van der Waals surface area contributed by atoms with Gasteiger partial charge in [0.05, 0.1) is 15.9 Å². The molecule has 2 nitrogen and oxygen atoms in total. The zero-order valence-electron chi connectivity index (χ0n) is 9.88. The molecule has 2 aromatic carbocycles. The Morgan fingerprint density at radius 1 is 1.00 bits per heavy atom. The summed E-state index contributed by atoms with van der Waals surface area (Å²) in [5.41, 5.74) is 3.35. The summed E-state index contributed by atoms with van der Waals surface area (Å²) in [6.07, 6.45) is 2.11. The fourth-order valence-corrected chi connectivity index (χ4v) is 3.74. The monoisotopic (exact) mass is 328 g/mol. The van der Waals surface area contributed by atoms with Gasteiger partial charge < -0.3 is 0 Å². The zero-order chi connectivity index (χ0) is 12.8. The fraction of sp³-hybridized carbons (Fsp3) is 0. The highest BCUT2D eigenvalue weighted by Crippen LogP contribution is 2.31. The molecular weight excluding hydrogens is 320 g/mol. The summed E-state index contributed by atoms with van der Waals surface area (Å²) in [6, 6.07) is 16.6. The van der Waals surface area contributed by atoms with Crippen molar-refractivity contribution in [3.63, 3.8) is 0 Å². The number of thiazole rings is 1. The van der Waals surface area contributed by atoms with Crippen LogP contribution in [0.4, 0.5) is 0 Å². The van der Waals surface area contributed by atoms with Crippen molar-refractivity contribution in [2.45, 2.75) is 0 Å². The van der Waals surface area contributed by atoms with Crippen LogP contribution < -0.4 is 0 Å². The normalized spacial score (nSPS) is 11.4.